The number of benzene rings is 1. The minimum atomic E-state index is -0.512. The van der Waals surface area contributed by atoms with Gasteiger partial charge in [0.25, 0.3) is 5.91 Å². The maximum atomic E-state index is 12.7. The lowest BCUT2D eigenvalue weighted by atomic mass is 10.0. The van der Waals surface area contributed by atoms with Crippen molar-refractivity contribution in [3.05, 3.63) is 29.3 Å². The first-order valence-electron chi connectivity index (χ1n) is 9.36. The third-order valence-corrected chi connectivity index (χ3v) is 5.39. The molecule has 1 saturated carbocycles. The Kier molecular flexibility index (Phi) is 4.09. The second-order valence-corrected chi connectivity index (χ2v) is 8.45. The summed E-state index contributed by atoms with van der Waals surface area (Å²) in [5.74, 6) is 1.74. The van der Waals surface area contributed by atoms with Gasteiger partial charge >= 0.3 is 6.09 Å². The van der Waals surface area contributed by atoms with E-state index in [2.05, 4.69) is 5.32 Å². The van der Waals surface area contributed by atoms with Crippen molar-refractivity contribution in [1.29, 1.82) is 0 Å². The van der Waals surface area contributed by atoms with Crippen LogP contribution in [0.3, 0.4) is 0 Å². The van der Waals surface area contributed by atoms with E-state index in [0.717, 1.165) is 30.7 Å². The predicted octanol–water partition coefficient (Wildman–Crippen LogP) is 2.61. The number of amides is 2. The van der Waals surface area contributed by atoms with Crippen molar-refractivity contribution in [3.63, 3.8) is 0 Å². The minimum absolute atomic E-state index is 0.0202. The first-order chi connectivity index (χ1) is 12.3. The van der Waals surface area contributed by atoms with E-state index in [-0.39, 0.29) is 18.0 Å². The Hall–Kier alpha value is -2.24. The fourth-order valence-electron chi connectivity index (χ4n) is 4.09. The summed E-state index contributed by atoms with van der Waals surface area (Å²) in [6.07, 6.45) is 1.61. The van der Waals surface area contributed by atoms with Crippen molar-refractivity contribution < 1.29 is 19.1 Å². The topological polar surface area (TPSA) is 67.9 Å². The number of ether oxygens (including phenoxy) is 2. The van der Waals surface area contributed by atoms with E-state index in [1.54, 1.807) is 4.90 Å². The van der Waals surface area contributed by atoms with Crippen LogP contribution >= 0.6 is 0 Å². The van der Waals surface area contributed by atoms with Crippen LogP contribution in [0.1, 0.15) is 43.1 Å². The van der Waals surface area contributed by atoms with E-state index < -0.39 is 5.60 Å². The number of nitrogens with zero attached hydrogens (tertiary/aromatic N) is 1. The zero-order valence-electron chi connectivity index (χ0n) is 15.6. The molecule has 0 bridgehead atoms. The summed E-state index contributed by atoms with van der Waals surface area (Å²) in [7, 11) is 0. The summed E-state index contributed by atoms with van der Waals surface area (Å²) in [6.45, 7) is 7.43. The van der Waals surface area contributed by atoms with Crippen molar-refractivity contribution in [2.45, 2.75) is 45.3 Å². The lowest BCUT2D eigenvalue weighted by molar-refractivity contribution is 0.0192. The van der Waals surface area contributed by atoms with Crippen molar-refractivity contribution >= 4 is 12.0 Å². The van der Waals surface area contributed by atoms with E-state index in [1.165, 1.54) is 0 Å². The molecule has 1 saturated heterocycles. The Labute approximate surface area is 153 Å². The van der Waals surface area contributed by atoms with Gasteiger partial charge in [-0.2, -0.15) is 0 Å². The Morgan fingerprint density at radius 3 is 2.92 bits per heavy atom. The highest BCUT2D eigenvalue weighted by Crippen LogP contribution is 2.49. The minimum Gasteiger partial charge on any atom is -0.493 e. The molecule has 2 heterocycles. The first kappa shape index (κ1) is 17.2. The number of likely N-dealkylation sites (tertiary alicyclic amines) is 1. The molecule has 1 aromatic rings. The van der Waals surface area contributed by atoms with Gasteiger partial charge in [-0.3, -0.25) is 4.79 Å². The highest BCUT2D eigenvalue weighted by Gasteiger charge is 2.54. The number of nitrogens with one attached hydrogen (secondary N) is 1. The maximum Gasteiger partial charge on any atom is 0.410 e. The Morgan fingerprint density at radius 1 is 1.35 bits per heavy atom. The fourth-order valence-corrected chi connectivity index (χ4v) is 4.09. The smallest absolute Gasteiger partial charge is 0.410 e. The lowest BCUT2D eigenvalue weighted by Gasteiger charge is -2.30. The summed E-state index contributed by atoms with van der Waals surface area (Å²) < 4.78 is 11.1. The highest BCUT2D eigenvalue weighted by molar-refractivity contribution is 5.96. The summed E-state index contributed by atoms with van der Waals surface area (Å²) in [6, 6.07) is 5.60. The average molecular weight is 358 g/mol. The first-order valence-corrected chi connectivity index (χ1v) is 9.36. The van der Waals surface area contributed by atoms with Crippen LogP contribution in [0.5, 0.6) is 5.75 Å². The summed E-state index contributed by atoms with van der Waals surface area (Å²) in [4.78, 5) is 27.0. The molecule has 2 aliphatic heterocycles. The van der Waals surface area contributed by atoms with Gasteiger partial charge in [-0.1, -0.05) is 6.07 Å². The number of carbonyl (C=O) groups is 2. The number of rotatable bonds is 3. The molecule has 4 rings (SSSR count). The normalized spacial score (nSPS) is 26.0. The number of fused-ring (bicyclic) bond motifs is 2. The van der Waals surface area contributed by atoms with Gasteiger partial charge in [-0.25, -0.2) is 4.79 Å². The van der Waals surface area contributed by atoms with Crippen LogP contribution in [0.25, 0.3) is 0 Å². The third-order valence-electron chi connectivity index (χ3n) is 5.39. The average Bonchev–Trinajstić information content (AvgIpc) is 3.02. The van der Waals surface area contributed by atoms with Crippen LogP contribution in [0, 0.1) is 11.8 Å². The molecule has 0 spiro atoms. The van der Waals surface area contributed by atoms with E-state index in [9.17, 15) is 9.59 Å². The van der Waals surface area contributed by atoms with E-state index in [1.807, 2.05) is 39.0 Å². The molecule has 2 fully saturated rings. The van der Waals surface area contributed by atoms with Crippen molar-refractivity contribution in [3.8, 4) is 5.75 Å². The largest absolute Gasteiger partial charge is 0.493 e. The van der Waals surface area contributed by atoms with E-state index in [4.69, 9.17) is 9.47 Å². The standard InChI is InChI=1S/C20H26N2O4/c1-20(2,3)26-19(24)22-11-12-9-15(12)16(22)10-21-18(23)14-5-4-6-17-13(14)7-8-25-17/h4-6,12,15-16H,7-11H2,1-3H3,(H,21,23). The Morgan fingerprint density at radius 2 is 2.15 bits per heavy atom. The number of piperidine rings is 1. The summed E-state index contributed by atoms with van der Waals surface area (Å²) in [5, 5.41) is 3.03. The van der Waals surface area contributed by atoms with Gasteiger partial charge in [0.1, 0.15) is 11.4 Å². The van der Waals surface area contributed by atoms with Gasteiger partial charge in [0, 0.05) is 30.6 Å². The molecule has 1 aromatic carbocycles. The molecule has 0 aromatic heterocycles. The van der Waals surface area contributed by atoms with Gasteiger partial charge in [0.05, 0.1) is 12.6 Å². The molecule has 3 aliphatic rings. The SMILES string of the molecule is CC(C)(C)OC(=O)N1CC2CC2C1CNC(=O)c1cccc2c1CCO2. The van der Waals surface area contributed by atoms with Gasteiger partial charge < -0.3 is 19.7 Å². The number of hydrogen-bond donors (Lipinski definition) is 1. The molecule has 6 nitrogen and oxygen atoms in total. The fraction of sp³-hybridized carbons (Fsp3) is 0.600. The zero-order chi connectivity index (χ0) is 18.5. The monoisotopic (exact) mass is 358 g/mol. The Balaban J connectivity index is 1.41. The van der Waals surface area contributed by atoms with Crippen molar-refractivity contribution in [1.82, 2.24) is 10.2 Å². The van der Waals surface area contributed by atoms with Gasteiger partial charge in [-0.05, 0) is 51.2 Å². The molecule has 1 N–H and O–H groups in total. The van der Waals surface area contributed by atoms with Crippen LogP contribution in [0.2, 0.25) is 0 Å². The van der Waals surface area contributed by atoms with E-state index in [0.29, 0.717) is 30.6 Å². The van der Waals surface area contributed by atoms with Crippen molar-refractivity contribution in [2.75, 3.05) is 19.7 Å². The predicted molar refractivity (Wildman–Crippen MR) is 96.3 cm³/mol. The molecule has 2 amide bonds. The molecule has 3 atom stereocenters. The quantitative estimate of drug-likeness (QED) is 0.902. The van der Waals surface area contributed by atoms with Crippen LogP contribution in [-0.2, 0) is 11.2 Å². The summed E-state index contributed by atoms with van der Waals surface area (Å²) in [5.41, 5.74) is 1.14. The van der Waals surface area contributed by atoms with Crippen molar-refractivity contribution in [2.24, 2.45) is 11.8 Å². The second kappa shape index (κ2) is 6.18. The van der Waals surface area contributed by atoms with Gasteiger partial charge in [-0.15, -0.1) is 0 Å². The third kappa shape index (κ3) is 3.24. The van der Waals surface area contributed by atoms with Crippen LogP contribution < -0.4 is 10.1 Å². The molecule has 140 valence electrons. The van der Waals surface area contributed by atoms with Gasteiger partial charge in [0.2, 0.25) is 0 Å². The molecule has 3 unspecified atom stereocenters. The maximum absolute atomic E-state index is 12.7. The Bertz CT molecular complexity index is 740. The molecule has 6 heteroatoms. The molecule has 1 aliphatic carbocycles. The molecule has 0 radical (unpaired) electrons. The number of carbonyl (C=O) groups excluding carboxylic acids is 2. The molecular formula is C20H26N2O4. The number of hydrogen-bond acceptors (Lipinski definition) is 4. The summed E-state index contributed by atoms with van der Waals surface area (Å²) >= 11 is 0. The van der Waals surface area contributed by atoms with Crippen LogP contribution in [-0.4, -0.2) is 48.2 Å². The van der Waals surface area contributed by atoms with Gasteiger partial charge in [0.15, 0.2) is 0 Å². The second-order valence-electron chi connectivity index (χ2n) is 8.45. The van der Waals surface area contributed by atoms with Crippen LogP contribution in [0.4, 0.5) is 4.79 Å². The molecular weight excluding hydrogens is 332 g/mol. The highest BCUT2D eigenvalue weighted by atomic mass is 16.6. The van der Waals surface area contributed by atoms with Crippen LogP contribution in [0.15, 0.2) is 18.2 Å². The zero-order valence-corrected chi connectivity index (χ0v) is 15.6. The van der Waals surface area contributed by atoms with E-state index >= 15 is 0 Å². The molecule has 26 heavy (non-hydrogen) atoms. The lowest BCUT2D eigenvalue weighted by Crippen LogP contribution is -2.47.